The summed E-state index contributed by atoms with van der Waals surface area (Å²) in [7, 11) is 0. The van der Waals surface area contributed by atoms with Crippen molar-refractivity contribution in [2.24, 2.45) is 0 Å². The van der Waals surface area contributed by atoms with E-state index < -0.39 is 0 Å². The van der Waals surface area contributed by atoms with E-state index >= 15 is 0 Å². The molecule has 2 saturated heterocycles. The van der Waals surface area contributed by atoms with Crippen LogP contribution in [0.15, 0.2) is 18.5 Å². The quantitative estimate of drug-likeness (QED) is 0.763. The molecule has 5 rings (SSSR count). The fraction of sp³-hybridized carbons (Fsp3) is 0.529. The number of rotatable bonds is 2. The number of pyridine rings is 1. The first-order valence-electron chi connectivity index (χ1n) is 8.57. The van der Waals surface area contributed by atoms with Crippen LogP contribution >= 0.6 is 0 Å². The van der Waals surface area contributed by atoms with Crippen LogP contribution in [0.1, 0.15) is 43.6 Å². The lowest BCUT2D eigenvalue weighted by Crippen LogP contribution is -2.26. The second-order valence-electron chi connectivity index (χ2n) is 6.59. The Kier molecular flexibility index (Phi) is 3.12. The highest BCUT2D eigenvalue weighted by Gasteiger charge is 2.29. The van der Waals surface area contributed by atoms with E-state index in [4.69, 9.17) is 9.72 Å². The van der Waals surface area contributed by atoms with Gasteiger partial charge in [0, 0.05) is 18.2 Å². The molecule has 3 aromatic rings. The lowest BCUT2D eigenvalue weighted by Gasteiger charge is -2.27. The smallest absolute Gasteiger partial charge is 0.139 e. The van der Waals surface area contributed by atoms with Gasteiger partial charge in [-0.3, -0.25) is 0 Å². The zero-order valence-corrected chi connectivity index (χ0v) is 13.1. The van der Waals surface area contributed by atoms with E-state index in [1.54, 1.807) is 0 Å². The molecule has 6 nitrogen and oxygen atoms in total. The lowest BCUT2D eigenvalue weighted by atomic mass is 10.1. The maximum atomic E-state index is 5.77. The molecule has 0 spiro atoms. The number of nitrogens with one attached hydrogen (secondary N) is 2. The van der Waals surface area contributed by atoms with Gasteiger partial charge in [0.05, 0.1) is 30.4 Å². The molecule has 3 aromatic heterocycles. The van der Waals surface area contributed by atoms with Gasteiger partial charge in [0.25, 0.3) is 0 Å². The molecule has 2 fully saturated rings. The van der Waals surface area contributed by atoms with Crippen molar-refractivity contribution in [3.63, 3.8) is 0 Å². The summed E-state index contributed by atoms with van der Waals surface area (Å²) in [6, 6.07) is 2.82. The van der Waals surface area contributed by atoms with Crippen LogP contribution in [0.3, 0.4) is 0 Å². The van der Waals surface area contributed by atoms with E-state index in [0.29, 0.717) is 12.1 Å². The SMILES string of the molecule is c1cc2c(ncc3nc([C@H]4CCCN4)n([C@H]4CCCOC4)c32)[nH]1. The molecule has 2 atom stereocenters. The largest absolute Gasteiger partial charge is 0.379 e. The van der Waals surface area contributed by atoms with Gasteiger partial charge in [-0.2, -0.15) is 0 Å². The molecule has 0 unspecified atom stereocenters. The lowest BCUT2D eigenvalue weighted by molar-refractivity contribution is 0.0591. The van der Waals surface area contributed by atoms with Crippen LogP contribution in [0.2, 0.25) is 0 Å². The molecule has 0 bridgehead atoms. The molecule has 6 heteroatoms. The number of fused-ring (bicyclic) bond motifs is 3. The molecule has 0 saturated carbocycles. The first-order valence-corrected chi connectivity index (χ1v) is 8.57. The Morgan fingerprint density at radius 3 is 3.09 bits per heavy atom. The van der Waals surface area contributed by atoms with Gasteiger partial charge in [0.2, 0.25) is 0 Å². The van der Waals surface area contributed by atoms with E-state index in [0.717, 1.165) is 61.4 Å². The topological polar surface area (TPSA) is 67.8 Å². The molecule has 2 aliphatic rings. The maximum absolute atomic E-state index is 5.77. The standard InChI is InChI=1S/C17H21N5O/c1-4-13(18-6-1)17-21-14-9-20-16-12(5-7-19-16)15(14)22(17)11-3-2-8-23-10-11/h5,7,9,11,13,18H,1-4,6,8,10H2,(H,19,20)/t11-,13+/m0/s1. The third-order valence-corrected chi connectivity index (χ3v) is 5.13. The molecule has 23 heavy (non-hydrogen) atoms. The summed E-state index contributed by atoms with van der Waals surface area (Å²) < 4.78 is 8.21. The predicted molar refractivity (Wildman–Crippen MR) is 88.5 cm³/mol. The Balaban J connectivity index is 1.77. The Morgan fingerprint density at radius 2 is 2.26 bits per heavy atom. The second-order valence-corrected chi connectivity index (χ2v) is 6.59. The number of imidazole rings is 1. The Labute approximate surface area is 134 Å². The minimum absolute atomic E-state index is 0.346. The molecular weight excluding hydrogens is 290 g/mol. The van der Waals surface area contributed by atoms with Crippen LogP contribution in [0.5, 0.6) is 0 Å². The summed E-state index contributed by atoms with van der Waals surface area (Å²) in [5.41, 5.74) is 3.13. The summed E-state index contributed by atoms with van der Waals surface area (Å²) in [5.74, 6) is 1.16. The number of ether oxygens (including phenoxy) is 1. The highest BCUT2D eigenvalue weighted by Crippen LogP contribution is 2.34. The number of hydrogen-bond acceptors (Lipinski definition) is 4. The van der Waals surface area contributed by atoms with Gasteiger partial charge in [0.1, 0.15) is 17.0 Å². The van der Waals surface area contributed by atoms with Gasteiger partial charge in [0.15, 0.2) is 0 Å². The molecule has 2 N–H and O–H groups in total. The summed E-state index contributed by atoms with van der Waals surface area (Å²) >= 11 is 0. The minimum atomic E-state index is 0.346. The van der Waals surface area contributed by atoms with Gasteiger partial charge < -0.3 is 19.6 Å². The highest BCUT2D eigenvalue weighted by atomic mass is 16.5. The Morgan fingerprint density at radius 1 is 1.26 bits per heavy atom. The Hall–Kier alpha value is -1.92. The van der Waals surface area contributed by atoms with Crippen molar-refractivity contribution in [2.75, 3.05) is 19.8 Å². The van der Waals surface area contributed by atoms with Crippen LogP contribution in [-0.2, 0) is 4.74 Å². The van der Waals surface area contributed by atoms with Crippen molar-refractivity contribution in [1.82, 2.24) is 24.8 Å². The number of H-pyrrole nitrogens is 1. The van der Waals surface area contributed by atoms with Crippen molar-refractivity contribution >= 4 is 22.1 Å². The fourth-order valence-electron chi connectivity index (χ4n) is 4.06. The average Bonchev–Trinajstić information content (AvgIpc) is 3.32. The predicted octanol–water partition coefficient (Wildman–Crippen LogP) is 2.69. The van der Waals surface area contributed by atoms with Crippen LogP contribution in [-0.4, -0.2) is 39.3 Å². The third-order valence-electron chi connectivity index (χ3n) is 5.13. The Bertz CT molecular complexity index is 839. The summed E-state index contributed by atoms with van der Waals surface area (Å²) in [6.07, 6.45) is 8.49. The van der Waals surface area contributed by atoms with Crippen molar-refractivity contribution < 1.29 is 4.74 Å². The molecule has 0 aromatic carbocycles. The van der Waals surface area contributed by atoms with Crippen LogP contribution in [0.25, 0.3) is 22.1 Å². The van der Waals surface area contributed by atoms with Gasteiger partial charge in [-0.05, 0) is 38.3 Å². The van der Waals surface area contributed by atoms with E-state index in [-0.39, 0.29) is 0 Å². The van der Waals surface area contributed by atoms with Crippen LogP contribution in [0.4, 0.5) is 0 Å². The van der Waals surface area contributed by atoms with Crippen molar-refractivity contribution in [3.8, 4) is 0 Å². The van der Waals surface area contributed by atoms with Crippen LogP contribution in [0, 0.1) is 0 Å². The van der Waals surface area contributed by atoms with E-state index in [1.165, 1.54) is 11.9 Å². The maximum Gasteiger partial charge on any atom is 0.139 e. The summed E-state index contributed by atoms with van der Waals surface area (Å²) in [6.45, 7) is 2.73. The van der Waals surface area contributed by atoms with Crippen molar-refractivity contribution in [3.05, 3.63) is 24.3 Å². The number of hydrogen-bond donors (Lipinski definition) is 2. The third kappa shape index (κ3) is 2.09. The number of nitrogens with zero attached hydrogens (tertiary/aromatic N) is 3. The summed E-state index contributed by atoms with van der Waals surface area (Å²) in [5, 5.41) is 4.76. The van der Waals surface area contributed by atoms with Crippen LogP contribution < -0.4 is 5.32 Å². The molecule has 120 valence electrons. The molecule has 2 aliphatic heterocycles. The van der Waals surface area contributed by atoms with Gasteiger partial charge in [-0.15, -0.1) is 0 Å². The fourth-order valence-corrected chi connectivity index (χ4v) is 4.06. The molecule has 0 amide bonds. The van der Waals surface area contributed by atoms with Crippen molar-refractivity contribution in [2.45, 2.75) is 37.8 Å². The first-order chi connectivity index (χ1) is 11.4. The molecule has 0 aliphatic carbocycles. The first kappa shape index (κ1) is 13.5. The number of aromatic nitrogens is 4. The van der Waals surface area contributed by atoms with E-state index in [9.17, 15) is 0 Å². The second kappa shape index (κ2) is 5.32. The zero-order chi connectivity index (χ0) is 15.2. The van der Waals surface area contributed by atoms with Gasteiger partial charge >= 0.3 is 0 Å². The zero-order valence-electron chi connectivity index (χ0n) is 13.1. The van der Waals surface area contributed by atoms with E-state index in [2.05, 4.69) is 25.9 Å². The molecular formula is C17H21N5O. The summed E-state index contributed by atoms with van der Waals surface area (Å²) in [4.78, 5) is 12.7. The molecule has 5 heterocycles. The highest BCUT2D eigenvalue weighted by molar-refractivity contribution is 6.01. The molecule has 0 radical (unpaired) electrons. The monoisotopic (exact) mass is 311 g/mol. The normalized spacial score (nSPS) is 25.6. The average molecular weight is 311 g/mol. The van der Waals surface area contributed by atoms with E-state index in [1.807, 2.05) is 12.4 Å². The number of aromatic amines is 1. The minimum Gasteiger partial charge on any atom is -0.379 e. The van der Waals surface area contributed by atoms with Gasteiger partial charge in [-0.1, -0.05) is 0 Å². The van der Waals surface area contributed by atoms with Crippen molar-refractivity contribution in [1.29, 1.82) is 0 Å². The van der Waals surface area contributed by atoms with Gasteiger partial charge in [-0.25, -0.2) is 9.97 Å².